The van der Waals surface area contributed by atoms with Crippen LogP contribution in [0.25, 0.3) is 10.9 Å². The van der Waals surface area contributed by atoms with E-state index in [0.717, 1.165) is 0 Å². The van der Waals surface area contributed by atoms with Gasteiger partial charge in [0.15, 0.2) is 0 Å². The summed E-state index contributed by atoms with van der Waals surface area (Å²) in [6.07, 6.45) is 0. The van der Waals surface area contributed by atoms with Crippen LogP contribution < -0.4 is 4.74 Å². The molecule has 0 saturated carbocycles. The maximum atomic E-state index is 7.05. The highest BCUT2D eigenvalue weighted by molar-refractivity contribution is 9.10. The monoisotopic (exact) mass is 241 g/mol. The smallest absolute Gasteiger partial charge is 0.225 e. The molecule has 0 atom stereocenters. The summed E-state index contributed by atoms with van der Waals surface area (Å²) in [5.41, 5.74) is 0.628. The third-order valence-electron chi connectivity index (χ3n) is 1.64. The van der Waals surface area contributed by atoms with Crippen molar-refractivity contribution in [1.29, 1.82) is 0 Å². The average molecular weight is 242 g/mol. The fraction of sp³-hybridized carbons (Fsp3) is 0.111. The second kappa shape index (κ2) is 3.30. The van der Waals surface area contributed by atoms with Crippen molar-refractivity contribution in [1.82, 2.24) is 9.97 Å². The predicted octanol–water partition coefficient (Wildman–Crippen LogP) is 2.40. The Bertz CT molecular complexity index is 530. The molecule has 1 heterocycles. The van der Waals surface area contributed by atoms with Crippen LogP contribution in [-0.2, 0) is 0 Å². The van der Waals surface area contributed by atoms with Crippen LogP contribution in [0, 0.1) is 0 Å². The van der Waals surface area contributed by atoms with Gasteiger partial charge in [-0.15, -0.1) is 0 Å². The van der Waals surface area contributed by atoms with Gasteiger partial charge in [0.05, 0.1) is 22.1 Å². The molecule has 0 spiro atoms. The molecule has 0 unspecified atom stereocenters. The SMILES string of the molecule is [2H]C([2H])([2H])Oc1nc(Br)nc2ccccc12. The minimum Gasteiger partial charge on any atom is -0.480 e. The van der Waals surface area contributed by atoms with Crippen LogP contribution >= 0.6 is 15.9 Å². The van der Waals surface area contributed by atoms with Crippen molar-refractivity contribution in [2.45, 2.75) is 0 Å². The summed E-state index contributed by atoms with van der Waals surface area (Å²) in [7, 11) is -2.52. The van der Waals surface area contributed by atoms with E-state index in [-0.39, 0.29) is 5.88 Å². The third kappa shape index (κ3) is 1.49. The highest BCUT2D eigenvalue weighted by atomic mass is 79.9. The molecule has 0 radical (unpaired) electrons. The normalized spacial score (nSPS) is 14.7. The van der Waals surface area contributed by atoms with Gasteiger partial charge < -0.3 is 4.74 Å². The highest BCUT2D eigenvalue weighted by Crippen LogP contribution is 2.23. The molecule has 0 saturated heterocycles. The second-order valence-electron chi connectivity index (χ2n) is 2.42. The van der Waals surface area contributed by atoms with Crippen LogP contribution in [0.15, 0.2) is 29.0 Å². The Labute approximate surface area is 88.1 Å². The Morgan fingerprint density at radius 1 is 1.38 bits per heavy atom. The number of para-hydroxylation sites is 1. The number of rotatable bonds is 1. The largest absolute Gasteiger partial charge is 0.480 e. The minimum absolute atomic E-state index is 0.0532. The van der Waals surface area contributed by atoms with Gasteiger partial charge in [-0.05, 0) is 28.1 Å². The van der Waals surface area contributed by atoms with E-state index < -0.39 is 7.04 Å². The van der Waals surface area contributed by atoms with Gasteiger partial charge in [0.25, 0.3) is 0 Å². The summed E-state index contributed by atoms with van der Waals surface area (Å²) >= 11 is 3.10. The van der Waals surface area contributed by atoms with Gasteiger partial charge in [0, 0.05) is 0 Å². The van der Waals surface area contributed by atoms with E-state index in [1.165, 1.54) is 0 Å². The van der Waals surface area contributed by atoms with E-state index in [0.29, 0.717) is 15.6 Å². The lowest BCUT2D eigenvalue weighted by molar-refractivity contribution is 0.401. The molecule has 1 aromatic carbocycles. The topological polar surface area (TPSA) is 35.0 Å². The molecule has 0 N–H and O–H groups in total. The van der Waals surface area contributed by atoms with Gasteiger partial charge in [-0.2, -0.15) is 4.98 Å². The summed E-state index contributed by atoms with van der Waals surface area (Å²) in [4.78, 5) is 8.02. The molecule has 66 valence electrons. The average Bonchev–Trinajstić information content (AvgIpc) is 2.14. The first kappa shape index (κ1) is 5.54. The van der Waals surface area contributed by atoms with Gasteiger partial charge >= 0.3 is 0 Å². The molecule has 2 aromatic rings. The summed E-state index contributed by atoms with van der Waals surface area (Å²) in [5, 5.41) is 0.571. The number of aromatic nitrogens is 2. The number of benzene rings is 1. The van der Waals surface area contributed by atoms with Crippen LogP contribution in [0.1, 0.15) is 4.11 Å². The maximum Gasteiger partial charge on any atom is 0.225 e. The molecule has 0 bridgehead atoms. The van der Waals surface area contributed by atoms with E-state index in [2.05, 4.69) is 25.9 Å². The summed E-state index contributed by atoms with van der Waals surface area (Å²) in [5.74, 6) is 0.0532. The Balaban J connectivity index is 2.59. The molecular weight excluding hydrogens is 232 g/mol. The Kier molecular flexibility index (Phi) is 1.41. The molecule has 0 aliphatic heterocycles. The van der Waals surface area contributed by atoms with E-state index in [4.69, 9.17) is 8.85 Å². The first-order valence-corrected chi connectivity index (χ1v) is 4.36. The fourth-order valence-electron chi connectivity index (χ4n) is 1.10. The van der Waals surface area contributed by atoms with E-state index in [1.54, 1.807) is 24.3 Å². The van der Waals surface area contributed by atoms with Crippen molar-refractivity contribution in [2.24, 2.45) is 0 Å². The Morgan fingerprint density at radius 2 is 2.23 bits per heavy atom. The molecule has 3 nitrogen and oxygen atoms in total. The van der Waals surface area contributed by atoms with Crippen molar-refractivity contribution >= 4 is 26.8 Å². The first-order valence-electron chi connectivity index (χ1n) is 5.07. The second-order valence-corrected chi connectivity index (χ2v) is 3.13. The standard InChI is InChI=1S/C9H7BrN2O/c1-13-8-6-4-2-3-5-7(6)11-9(10)12-8/h2-5H,1H3/i1D3. The molecule has 2 rings (SSSR count). The molecule has 0 aliphatic rings. The number of fused-ring (bicyclic) bond motifs is 1. The number of methoxy groups -OCH3 is 1. The first-order chi connectivity index (χ1) is 7.46. The Morgan fingerprint density at radius 3 is 3.08 bits per heavy atom. The van der Waals surface area contributed by atoms with Crippen molar-refractivity contribution in [3.8, 4) is 5.88 Å². The van der Waals surface area contributed by atoms with Gasteiger partial charge in [-0.25, -0.2) is 4.98 Å². The van der Waals surface area contributed by atoms with Crippen LogP contribution in [0.2, 0.25) is 0 Å². The Hall–Kier alpha value is -1.16. The van der Waals surface area contributed by atoms with Crippen molar-refractivity contribution in [2.75, 3.05) is 7.04 Å². The number of hydrogen-bond donors (Lipinski definition) is 0. The van der Waals surface area contributed by atoms with Crippen molar-refractivity contribution < 1.29 is 8.85 Å². The molecule has 0 amide bonds. The lowest BCUT2D eigenvalue weighted by Crippen LogP contribution is -1.92. The third-order valence-corrected chi connectivity index (χ3v) is 1.99. The number of halogens is 1. The number of ether oxygens (including phenoxy) is 1. The summed E-state index contributed by atoms with van der Waals surface area (Å²) < 4.78 is 26.3. The number of nitrogens with zero attached hydrogens (tertiary/aromatic N) is 2. The van der Waals surface area contributed by atoms with Crippen molar-refractivity contribution in [3.63, 3.8) is 0 Å². The van der Waals surface area contributed by atoms with E-state index >= 15 is 0 Å². The summed E-state index contributed by atoms with van der Waals surface area (Å²) in [6.45, 7) is 0. The van der Waals surface area contributed by atoms with Gasteiger partial charge in [0.1, 0.15) is 0 Å². The number of hydrogen-bond acceptors (Lipinski definition) is 3. The van der Waals surface area contributed by atoms with Gasteiger partial charge in [-0.3, -0.25) is 0 Å². The zero-order valence-electron chi connectivity index (χ0n) is 9.49. The van der Waals surface area contributed by atoms with Crippen molar-refractivity contribution in [3.05, 3.63) is 29.0 Å². The molecule has 0 aliphatic carbocycles. The molecule has 4 heteroatoms. The molecule has 13 heavy (non-hydrogen) atoms. The summed E-state index contributed by atoms with van der Waals surface area (Å²) in [6, 6.07) is 7.05. The van der Waals surface area contributed by atoms with E-state index in [1.807, 2.05) is 0 Å². The van der Waals surface area contributed by atoms with Gasteiger partial charge in [-0.1, -0.05) is 12.1 Å². The minimum atomic E-state index is -2.52. The predicted molar refractivity (Wildman–Crippen MR) is 53.8 cm³/mol. The zero-order chi connectivity index (χ0) is 11.8. The van der Waals surface area contributed by atoms with Crippen LogP contribution in [0.3, 0.4) is 0 Å². The highest BCUT2D eigenvalue weighted by Gasteiger charge is 2.04. The van der Waals surface area contributed by atoms with Crippen LogP contribution in [0.5, 0.6) is 5.88 Å². The van der Waals surface area contributed by atoms with E-state index in [9.17, 15) is 0 Å². The van der Waals surface area contributed by atoms with Crippen LogP contribution in [0.4, 0.5) is 0 Å². The maximum absolute atomic E-state index is 7.05. The quantitative estimate of drug-likeness (QED) is 0.720. The molecule has 1 aromatic heterocycles. The fourth-order valence-corrected chi connectivity index (χ4v) is 1.45. The van der Waals surface area contributed by atoms with Crippen LogP contribution in [-0.4, -0.2) is 17.0 Å². The van der Waals surface area contributed by atoms with Gasteiger partial charge in [0.2, 0.25) is 10.6 Å². The zero-order valence-corrected chi connectivity index (χ0v) is 8.08. The lowest BCUT2D eigenvalue weighted by Gasteiger charge is -2.03. The molecule has 0 fully saturated rings. The molecular formula is C9H7BrN2O. The lowest BCUT2D eigenvalue weighted by atomic mass is 10.2.